The van der Waals surface area contributed by atoms with Crippen molar-refractivity contribution < 1.29 is 65.8 Å². The average Bonchev–Trinajstić information content (AvgIpc) is 2.71. The fourth-order valence-corrected chi connectivity index (χ4v) is 1.28. The van der Waals surface area contributed by atoms with Crippen LogP contribution in [-0.4, -0.2) is 50.3 Å². The van der Waals surface area contributed by atoms with Gasteiger partial charge in [-0.15, -0.1) is 18.9 Å². The Labute approximate surface area is 206 Å². The van der Waals surface area contributed by atoms with Gasteiger partial charge >= 0.3 is 51.4 Å². The van der Waals surface area contributed by atoms with Gasteiger partial charge in [-0.05, 0) is 0 Å². The van der Waals surface area contributed by atoms with Gasteiger partial charge < -0.3 is 21.3 Å². The number of carbonyl (C=O) groups excluding carboxylic acids is 3. The molecule has 146 valence electrons. The predicted molar refractivity (Wildman–Crippen MR) is 106 cm³/mol. The Hall–Kier alpha value is -1.05. The number of nitrogens with zero attached hydrogens (tertiary/aromatic N) is 2. The van der Waals surface area contributed by atoms with Crippen LogP contribution in [0.15, 0.2) is 30.3 Å². The number of Topliss-reactive ketones (excluding diaryl/α,β-unsaturated/α-hetero) is 1. The third-order valence-corrected chi connectivity index (χ3v) is 2.54. The van der Waals surface area contributed by atoms with E-state index in [1.54, 1.807) is 14.1 Å². The zero-order chi connectivity index (χ0) is 21.0. The molecule has 8 heteroatoms. The third kappa shape index (κ3) is 21.1. The van der Waals surface area contributed by atoms with Crippen molar-refractivity contribution in [3.05, 3.63) is 41.2 Å². The van der Waals surface area contributed by atoms with Crippen molar-refractivity contribution in [2.24, 2.45) is 5.73 Å². The van der Waals surface area contributed by atoms with Crippen LogP contribution in [0, 0.1) is 12.8 Å². The molecule has 0 fully saturated rings. The molecule has 0 heterocycles. The van der Waals surface area contributed by atoms with Gasteiger partial charge in [-0.3, -0.25) is 14.4 Å². The summed E-state index contributed by atoms with van der Waals surface area (Å²) < 4.78 is 0. The van der Waals surface area contributed by atoms with Gasteiger partial charge in [-0.1, -0.05) is 63.3 Å². The average molecular weight is 403 g/mol. The molecule has 0 saturated heterocycles. The second-order valence-corrected chi connectivity index (χ2v) is 4.63. The Bertz CT molecular complexity index is 508. The number of ketones is 1. The molecule has 1 atom stereocenters. The molecule has 7 nitrogen and oxygen atoms in total. The molecule has 0 radical (unpaired) electrons. The Morgan fingerprint density at radius 2 is 1.67 bits per heavy atom. The van der Waals surface area contributed by atoms with Crippen LogP contribution in [0.5, 0.6) is 0 Å². The minimum absolute atomic E-state index is 0. The van der Waals surface area contributed by atoms with Gasteiger partial charge in [0.1, 0.15) is 0 Å². The molecule has 1 rings (SSSR count). The molecule has 0 aliphatic heterocycles. The first-order valence-corrected chi connectivity index (χ1v) is 8.10. The molecule has 0 bridgehead atoms. The van der Waals surface area contributed by atoms with Gasteiger partial charge in [0.2, 0.25) is 12.2 Å². The van der Waals surface area contributed by atoms with E-state index >= 15 is 0 Å². The molecule has 0 aromatic heterocycles. The largest absolute Gasteiger partial charge is 1.00 e. The number of nitrogens with two attached hydrogens (primary N) is 1. The van der Waals surface area contributed by atoms with Crippen molar-refractivity contribution >= 4 is 18.1 Å². The number of terminal acetylenes is 1. The maximum atomic E-state index is 11.1. The summed E-state index contributed by atoms with van der Waals surface area (Å²) in [6.45, 7) is 5.76. The van der Waals surface area contributed by atoms with Crippen LogP contribution >= 0.6 is 0 Å². The zero-order valence-electron chi connectivity index (χ0n) is 17.3. The molecule has 0 spiro atoms. The smallest absolute Gasteiger partial charge is 0.639 e. The van der Waals surface area contributed by atoms with Crippen molar-refractivity contribution in [2.75, 3.05) is 27.3 Å². The van der Waals surface area contributed by atoms with E-state index in [1.165, 1.54) is 4.90 Å². The van der Waals surface area contributed by atoms with E-state index in [9.17, 15) is 14.4 Å². The quantitative estimate of drug-likeness (QED) is 0.256. The Morgan fingerprint density at radius 3 is 2.04 bits per heavy atom. The van der Waals surface area contributed by atoms with E-state index in [-0.39, 0.29) is 70.6 Å². The van der Waals surface area contributed by atoms with Crippen molar-refractivity contribution in [1.82, 2.24) is 10.2 Å². The Kier molecular flexibility index (Phi) is 31.0. The van der Waals surface area contributed by atoms with Crippen LogP contribution in [-0.2, 0) is 14.4 Å². The third-order valence-electron chi connectivity index (χ3n) is 2.54. The Morgan fingerprint density at radius 1 is 1.22 bits per heavy atom. The second kappa shape index (κ2) is 24.9. The molecule has 27 heavy (non-hydrogen) atoms. The van der Waals surface area contributed by atoms with Crippen molar-refractivity contribution in [3.8, 4) is 12.8 Å². The van der Waals surface area contributed by atoms with Gasteiger partial charge in [0.15, 0.2) is 0 Å². The SMILES string of the molecule is C#C.CC.CN(C)C=O.C[C@@H]([N-]CNC(=O)C(=O)CN)c1ccccc1.[K+]. The summed E-state index contributed by atoms with van der Waals surface area (Å²) >= 11 is 0. The maximum absolute atomic E-state index is 11.1. The van der Waals surface area contributed by atoms with E-state index < -0.39 is 11.7 Å². The molecule has 1 aromatic carbocycles. The molecule has 0 saturated carbocycles. The number of hydrogen-bond acceptors (Lipinski definition) is 4. The van der Waals surface area contributed by atoms with E-state index in [1.807, 2.05) is 51.1 Å². The van der Waals surface area contributed by atoms with Gasteiger partial charge in [-0.2, -0.15) is 0 Å². The van der Waals surface area contributed by atoms with Crippen molar-refractivity contribution in [3.63, 3.8) is 0 Å². The van der Waals surface area contributed by atoms with Crippen LogP contribution < -0.4 is 62.4 Å². The summed E-state index contributed by atoms with van der Waals surface area (Å²) in [4.78, 5) is 32.8. The first kappa shape index (κ1) is 33.5. The first-order chi connectivity index (χ1) is 12.4. The fraction of sp³-hybridized carbons (Fsp3) is 0.421. The molecule has 3 N–H and O–H groups in total. The van der Waals surface area contributed by atoms with Crippen molar-refractivity contribution in [1.29, 1.82) is 0 Å². The summed E-state index contributed by atoms with van der Waals surface area (Å²) in [6, 6.07) is 9.68. The summed E-state index contributed by atoms with van der Waals surface area (Å²) in [5, 5.41) is 6.62. The minimum atomic E-state index is -0.684. The monoisotopic (exact) mass is 402 g/mol. The first-order valence-electron chi connectivity index (χ1n) is 8.10. The van der Waals surface area contributed by atoms with Gasteiger partial charge in [0, 0.05) is 14.1 Å². The number of benzene rings is 1. The summed E-state index contributed by atoms with van der Waals surface area (Å²) in [7, 11) is 3.38. The topological polar surface area (TPSA) is 107 Å². The van der Waals surface area contributed by atoms with Crippen LogP contribution in [0.1, 0.15) is 32.4 Å². The summed E-state index contributed by atoms with van der Waals surface area (Å²) in [5.41, 5.74) is 6.12. The summed E-state index contributed by atoms with van der Waals surface area (Å²) in [5.74, 6) is -1.32. The normalized spacial score (nSPS) is 9.04. The molecule has 1 aromatic rings. The fourth-order valence-electron chi connectivity index (χ4n) is 1.28. The van der Waals surface area contributed by atoms with E-state index in [2.05, 4.69) is 23.5 Å². The summed E-state index contributed by atoms with van der Waals surface area (Å²) in [6.07, 6.45) is 8.75. The molecule has 0 aliphatic rings. The van der Waals surface area contributed by atoms with Crippen LogP contribution in [0.25, 0.3) is 5.32 Å². The number of nitrogens with one attached hydrogen (secondary N) is 1. The van der Waals surface area contributed by atoms with Gasteiger partial charge in [0.05, 0.1) is 6.54 Å². The van der Waals surface area contributed by atoms with Crippen molar-refractivity contribution in [2.45, 2.75) is 26.8 Å². The molecule has 0 aliphatic carbocycles. The number of rotatable bonds is 7. The van der Waals surface area contributed by atoms with Gasteiger partial charge in [0.25, 0.3) is 5.91 Å². The standard InChI is InChI=1S/C12H16N3O2.C3H7NO.C2H6.C2H2.K/c1-9(10-5-3-2-4-6-10)14-8-15-12(17)11(16)7-13;1-4(2)3-5;2*1-2;/h2-6,9H,7-8,13H2,1H3,(H,15,17);3H,1-2H3;1-2H3;1-2H;/q-1;;;;+1/t9-;;;;/m1..../s1. The zero-order valence-corrected chi connectivity index (χ0v) is 20.4. The minimum Gasteiger partial charge on any atom is -0.639 e. The van der Waals surface area contributed by atoms with Crippen LogP contribution in [0.3, 0.4) is 0 Å². The van der Waals surface area contributed by atoms with Crippen LogP contribution in [0.2, 0.25) is 0 Å². The second-order valence-electron chi connectivity index (χ2n) is 4.63. The van der Waals surface area contributed by atoms with E-state index in [0.29, 0.717) is 0 Å². The van der Waals surface area contributed by atoms with Gasteiger partial charge in [-0.25, -0.2) is 0 Å². The predicted octanol–water partition coefficient (Wildman–Crippen LogP) is -1.29. The van der Waals surface area contributed by atoms with E-state index in [0.717, 1.165) is 12.0 Å². The molecular weight excluding hydrogens is 371 g/mol. The Balaban J connectivity index is -0.000000226. The molecular formula is C19H31KN4O3. The molecule has 0 unspecified atom stereocenters. The van der Waals surface area contributed by atoms with E-state index in [4.69, 9.17) is 5.73 Å². The maximum Gasteiger partial charge on any atom is 1.00 e. The van der Waals surface area contributed by atoms with Crippen LogP contribution in [0.4, 0.5) is 0 Å². The number of carbonyl (C=O) groups is 3. The number of amides is 2. The number of hydrogen-bond donors (Lipinski definition) is 2. The molecule has 2 amide bonds.